The predicted octanol–water partition coefficient (Wildman–Crippen LogP) is 3.10. The highest BCUT2D eigenvalue weighted by Crippen LogP contribution is 2.32. The summed E-state index contributed by atoms with van der Waals surface area (Å²) in [6, 6.07) is 12.6. The van der Waals surface area contributed by atoms with Gasteiger partial charge in [-0.2, -0.15) is 0 Å². The minimum absolute atomic E-state index is 0.166. The zero-order chi connectivity index (χ0) is 21.8. The highest BCUT2D eigenvalue weighted by molar-refractivity contribution is 6.36. The minimum atomic E-state index is -0.390. The topological polar surface area (TPSA) is 87.7 Å². The van der Waals surface area contributed by atoms with Gasteiger partial charge in [-0.15, -0.1) is 0 Å². The van der Waals surface area contributed by atoms with Crippen LogP contribution in [0.4, 0.5) is 11.4 Å². The molecule has 1 heterocycles. The van der Waals surface area contributed by atoms with E-state index in [4.69, 9.17) is 4.74 Å². The number of carbonyl (C=O) groups is 3. The SMILES string of the molecule is COCCN1C(=O)C(Nc2cccc(C)c2C)=C(c2ccc(NC(C)=O)cc2)C1=O. The van der Waals surface area contributed by atoms with Gasteiger partial charge < -0.3 is 15.4 Å². The van der Waals surface area contributed by atoms with E-state index in [-0.39, 0.29) is 36.6 Å². The number of carbonyl (C=O) groups excluding carboxylic acids is 3. The van der Waals surface area contributed by atoms with Crippen LogP contribution in [0.25, 0.3) is 5.57 Å². The monoisotopic (exact) mass is 407 g/mol. The molecule has 0 saturated carbocycles. The van der Waals surface area contributed by atoms with Gasteiger partial charge in [0.15, 0.2) is 0 Å². The van der Waals surface area contributed by atoms with Crippen molar-refractivity contribution in [1.82, 2.24) is 4.90 Å². The van der Waals surface area contributed by atoms with Crippen molar-refractivity contribution >= 4 is 34.7 Å². The summed E-state index contributed by atoms with van der Waals surface area (Å²) in [5, 5.41) is 5.88. The van der Waals surface area contributed by atoms with E-state index >= 15 is 0 Å². The van der Waals surface area contributed by atoms with E-state index in [1.807, 2.05) is 32.0 Å². The van der Waals surface area contributed by atoms with Crippen molar-refractivity contribution in [3.05, 3.63) is 64.9 Å². The summed E-state index contributed by atoms with van der Waals surface area (Å²) in [6.07, 6.45) is 0. The average Bonchev–Trinajstić information content (AvgIpc) is 2.93. The van der Waals surface area contributed by atoms with Crippen LogP contribution in [0.3, 0.4) is 0 Å². The number of imide groups is 1. The molecule has 0 bridgehead atoms. The van der Waals surface area contributed by atoms with E-state index in [2.05, 4.69) is 10.6 Å². The molecule has 0 fully saturated rings. The lowest BCUT2D eigenvalue weighted by atomic mass is 10.0. The quantitative estimate of drug-likeness (QED) is 0.689. The van der Waals surface area contributed by atoms with Gasteiger partial charge in [-0.3, -0.25) is 19.3 Å². The molecule has 1 aliphatic rings. The van der Waals surface area contributed by atoms with Crippen LogP contribution in [0, 0.1) is 13.8 Å². The van der Waals surface area contributed by atoms with Gasteiger partial charge in [-0.1, -0.05) is 24.3 Å². The van der Waals surface area contributed by atoms with Crippen LogP contribution in [0.2, 0.25) is 0 Å². The highest BCUT2D eigenvalue weighted by atomic mass is 16.5. The van der Waals surface area contributed by atoms with Crippen molar-refractivity contribution in [2.24, 2.45) is 0 Å². The van der Waals surface area contributed by atoms with Gasteiger partial charge >= 0.3 is 0 Å². The van der Waals surface area contributed by atoms with E-state index in [0.29, 0.717) is 16.8 Å². The molecule has 30 heavy (non-hydrogen) atoms. The molecule has 156 valence electrons. The van der Waals surface area contributed by atoms with Crippen molar-refractivity contribution < 1.29 is 19.1 Å². The molecule has 3 rings (SSSR count). The summed E-state index contributed by atoms with van der Waals surface area (Å²) in [4.78, 5) is 38.7. The highest BCUT2D eigenvalue weighted by Gasteiger charge is 2.39. The second kappa shape index (κ2) is 8.92. The summed E-state index contributed by atoms with van der Waals surface area (Å²) in [6.45, 7) is 5.80. The lowest BCUT2D eigenvalue weighted by Gasteiger charge is -2.15. The summed E-state index contributed by atoms with van der Waals surface area (Å²) < 4.78 is 5.06. The first kappa shape index (κ1) is 21.3. The van der Waals surface area contributed by atoms with Crippen molar-refractivity contribution in [2.45, 2.75) is 20.8 Å². The maximum Gasteiger partial charge on any atom is 0.278 e. The third kappa shape index (κ3) is 4.26. The molecule has 0 saturated heterocycles. The molecule has 0 radical (unpaired) electrons. The van der Waals surface area contributed by atoms with Crippen LogP contribution in [0.15, 0.2) is 48.2 Å². The summed E-state index contributed by atoms with van der Waals surface area (Å²) >= 11 is 0. The van der Waals surface area contributed by atoms with Crippen LogP contribution >= 0.6 is 0 Å². The number of benzene rings is 2. The lowest BCUT2D eigenvalue weighted by Crippen LogP contribution is -2.35. The standard InChI is InChI=1S/C23H25N3O4/c1-14-6-5-7-19(15(14)2)25-21-20(22(28)26(23(21)29)12-13-30-4)17-8-10-18(11-9-17)24-16(3)27/h5-11,25H,12-13H2,1-4H3,(H,24,27). The van der Waals surface area contributed by atoms with Crippen molar-refractivity contribution in [3.63, 3.8) is 0 Å². The van der Waals surface area contributed by atoms with Crippen LogP contribution in [0.1, 0.15) is 23.6 Å². The maximum atomic E-state index is 13.1. The Bertz CT molecular complexity index is 1030. The van der Waals surface area contributed by atoms with Crippen molar-refractivity contribution in [2.75, 3.05) is 30.9 Å². The van der Waals surface area contributed by atoms with Crippen LogP contribution in [-0.2, 0) is 19.1 Å². The van der Waals surface area contributed by atoms with Crippen LogP contribution in [0.5, 0.6) is 0 Å². The summed E-state index contributed by atoms with van der Waals surface area (Å²) in [5.41, 5.74) is 4.59. The number of nitrogens with zero attached hydrogens (tertiary/aromatic N) is 1. The zero-order valence-electron chi connectivity index (χ0n) is 17.5. The number of anilines is 2. The molecule has 0 atom stereocenters. The van der Waals surface area contributed by atoms with Crippen molar-refractivity contribution in [3.8, 4) is 0 Å². The number of ether oxygens (including phenoxy) is 1. The zero-order valence-corrected chi connectivity index (χ0v) is 17.5. The van der Waals surface area contributed by atoms with E-state index in [9.17, 15) is 14.4 Å². The Morgan fingerprint density at radius 3 is 2.37 bits per heavy atom. The fourth-order valence-corrected chi connectivity index (χ4v) is 3.29. The van der Waals surface area contributed by atoms with Crippen LogP contribution < -0.4 is 10.6 Å². The Hall–Kier alpha value is -3.45. The number of methoxy groups -OCH3 is 1. The number of nitrogens with one attached hydrogen (secondary N) is 2. The van der Waals surface area contributed by atoms with Crippen LogP contribution in [-0.4, -0.2) is 42.9 Å². The van der Waals surface area contributed by atoms with Crippen molar-refractivity contribution in [1.29, 1.82) is 0 Å². The first-order valence-electron chi connectivity index (χ1n) is 9.64. The van der Waals surface area contributed by atoms with Gasteiger partial charge in [0.2, 0.25) is 5.91 Å². The van der Waals surface area contributed by atoms with E-state index in [0.717, 1.165) is 16.8 Å². The second-order valence-electron chi connectivity index (χ2n) is 7.14. The van der Waals surface area contributed by atoms with E-state index < -0.39 is 0 Å². The molecule has 0 aliphatic carbocycles. The Balaban J connectivity index is 2.04. The van der Waals surface area contributed by atoms with Gasteiger partial charge in [0.25, 0.3) is 11.8 Å². The second-order valence-corrected chi connectivity index (χ2v) is 7.14. The molecular formula is C23H25N3O4. The van der Waals surface area contributed by atoms with Gasteiger partial charge in [0.05, 0.1) is 18.7 Å². The Morgan fingerprint density at radius 2 is 1.73 bits per heavy atom. The molecule has 0 aromatic heterocycles. The van der Waals surface area contributed by atoms with Gasteiger partial charge in [-0.05, 0) is 48.7 Å². The normalized spacial score (nSPS) is 13.8. The largest absolute Gasteiger partial charge is 0.383 e. The summed E-state index contributed by atoms with van der Waals surface area (Å²) in [7, 11) is 1.52. The third-order valence-corrected chi connectivity index (χ3v) is 5.05. The molecule has 2 aromatic rings. The van der Waals surface area contributed by atoms with E-state index in [1.54, 1.807) is 24.3 Å². The molecule has 2 N–H and O–H groups in total. The smallest absolute Gasteiger partial charge is 0.278 e. The fraction of sp³-hybridized carbons (Fsp3) is 0.261. The molecule has 0 unspecified atom stereocenters. The fourth-order valence-electron chi connectivity index (χ4n) is 3.29. The van der Waals surface area contributed by atoms with Gasteiger partial charge in [0, 0.05) is 25.4 Å². The lowest BCUT2D eigenvalue weighted by molar-refractivity contribution is -0.137. The predicted molar refractivity (Wildman–Crippen MR) is 116 cm³/mol. The van der Waals surface area contributed by atoms with Gasteiger partial charge in [-0.25, -0.2) is 0 Å². The Kier molecular flexibility index (Phi) is 6.32. The molecule has 3 amide bonds. The minimum Gasteiger partial charge on any atom is -0.383 e. The number of amides is 3. The average molecular weight is 407 g/mol. The first-order valence-corrected chi connectivity index (χ1v) is 9.64. The Morgan fingerprint density at radius 1 is 1.03 bits per heavy atom. The third-order valence-electron chi connectivity index (χ3n) is 5.05. The summed E-state index contributed by atoms with van der Waals surface area (Å²) in [5.74, 6) is -0.951. The molecule has 0 spiro atoms. The first-order chi connectivity index (χ1) is 14.3. The molecule has 7 nitrogen and oxygen atoms in total. The number of aryl methyl sites for hydroxylation is 1. The number of rotatable bonds is 7. The van der Waals surface area contributed by atoms with E-state index in [1.165, 1.54) is 18.9 Å². The number of hydrogen-bond donors (Lipinski definition) is 2. The molecule has 7 heteroatoms. The van der Waals surface area contributed by atoms with Gasteiger partial charge in [0.1, 0.15) is 5.70 Å². The maximum absolute atomic E-state index is 13.1. The molecular weight excluding hydrogens is 382 g/mol. The molecule has 2 aromatic carbocycles. The number of hydrogen-bond acceptors (Lipinski definition) is 5. The Labute approximate surface area is 175 Å². The molecule has 1 aliphatic heterocycles.